The van der Waals surface area contributed by atoms with E-state index in [1.54, 1.807) is 12.1 Å². The standard InChI is InChI=1S/C33H38O12/c34-11-9-33(10-12-35)21-13-17(3-7-23-27(38)31(42)29(40)25(15-36)44-23)1-5-19(21)20-6-2-18(14-22(20)33)4-8-24-28(39)32(43)30(41)26(16-37)45-24/h1-2,5-6,13-14,23-32,34-43H,9-12,15-16H2/t23-,24-,25-,26-,27-,28-,29-,30-,31-,32-/m1/s1. The van der Waals surface area contributed by atoms with E-state index in [2.05, 4.69) is 23.7 Å². The summed E-state index contributed by atoms with van der Waals surface area (Å²) in [5.74, 6) is 11.4. The average molecular weight is 627 g/mol. The Morgan fingerprint density at radius 1 is 0.556 bits per heavy atom. The molecule has 3 aliphatic rings. The second-order valence-electron chi connectivity index (χ2n) is 11.6. The quantitative estimate of drug-likeness (QED) is 0.146. The summed E-state index contributed by atoms with van der Waals surface area (Å²) < 4.78 is 11.0. The maximum atomic E-state index is 10.4. The van der Waals surface area contributed by atoms with Gasteiger partial charge in [0.15, 0.2) is 0 Å². The van der Waals surface area contributed by atoms with Crippen molar-refractivity contribution in [3.8, 4) is 34.8 Å². The molecule has 0 radical (unpaired) electrons. The predicted molar refractivity (Wildman–Crippen MR) is 157 cm³/mol. The Hall–Kier alpha value is -2.92. The molecule has 2 fully saturated rings. The first kappa shape index (κ1) is 33.4. The smallest absolute Gasteiger partial charge is 0.147 e. The molecule has 5 rings (SSSR count). The summed E-state index contributed by atoms with van der Waals surface area (Å²) in [5, 5.41) is 100. The van der Waals surface area contributed by atoms with Crippen LogP contribution >= 0.6 is 0 Å². The van der Waals surface area contributed by atoms with E-state index >= 15 is 0 Å². The van der Waals surface area contributed by atoms with Gasteiger partial charge in [0.05, 0.1) is 13.2 Å². The molecule has 242 valence electrons. The van der Waals surface area contributed by atoms with Gasteiger partial charge in [-0.15, -0.1) is 0 Å². The molecule has 1 aliphatic carbocycles. The summed E-state index contributed by atoms with van der Waals surface area (Å²) in [6, 6.07) is 10.9. The molecule has 45 heavy (non-hydrogen) atoms. The number of fused-ring (bicyclic) bond motifs is 3. The van der Waals surface area contributed by atoms with E-state index in [4.69, 9.17) is 9.47 Å². The van der Waals surface area contributed by atoms with Crippen LogP contribution in [0.25, 0.3) is 11.1 Å². The van der Waals surface area contributed by atoms with Crippen LogP contribution in [0.15, 0.2) is 36.4 Å². The summed E-state index contributed by atoms with van der Waals surface area (Å²) in [4.78, 5) is 0. The molecule has 0 saturated carbocycles. The molecule has 0 amide bonds. The molecule has 2 aromatic rings. The molecular formula is C33H38O12. The van der Waals surface area contributed by atoms with Crippen LogP contribution in [-0.4, -0.2) is 139 Å². The fourth-order valence-electron chi connectivity index (χ4n) is 6.45. The van der Waals surface area contributed by atoms with Crippen LogP contribution in [0.3, 0.4) is 0 Å². The van der Waals surface area contributed by atoms with Gasteiger partial charge in [0.25, 0.3) is 0 Å². The van der Waals surface area contributed by atoms with Gasteiger partial charge in [0.2, 0.25) is 0 Å². The fraction of sp³-hybridized carbons (Fsp3) is 0.515. The van der Waals surface area contributed by atoms with Crippen molar-refractivity contribution in [1.82, 2.24) is 0 Å². The minimum Gasteiger partial charge on any atom is -0.396 e. The van der Waals surface area contributed by atoms with Gasteiger partial charge in [0.1, 0.15) is 61.0 Å². The summed E-state index contributed by atoms with van der Waals surface area (Å²) in [6.45, 7) is -1.53. The number of rotatable bonds is 6. The molecule has 2 saturated heterocycles. The Morgan fingerprint density at radius 2 is 0.956 bits per heavy atom. The fourth-order valence-corrected chi connectivity index (χ4v) is 6.45. The topological polar surface area (TPSA) is 221 Å². The molecule has 2 heterocycles. The highest BCUT2D eigenvalue weighted by molar-refractivity contribution is 5.82. The highest BCUT2D eigenvalue weighted by Gasteiger charge is 2.45. The van der Waals surface area contributed by atoms with Crippen LogP contribution in [0.2, 0.25) is 0 Å². The zero-order valence-electron chi connectivity index (χ0n) is 24.3. The molecule has 10 atom stereocenters. The zero-order valence-corrected chi connectivity index (χ0v) is 24.3. The molecule has 0 aromatic heterocycles. The van der Waals surface area contributed by atoms with E-state index in [0.29, 0.717) is 11.1 Å². The third-order valence-electron chi connectivity index (χ3n) is 8.94. The van der Waals surface area contributed by atoms with E-state index in [1.807, 2.05) is 24.3 Å². The summed E-state index contributed by atoms with van der Waals surface area (Å²) in [6.07, 6.45) is -13.1. The second-order valence-corrected chi connectivity index (χ2v) is 11.6. The van der Waals surface area contributed by atoms with Crippen LogP contribution < -0.4 is 0 Å². The molecule has 12 nitrogen and oxygen atoms in total. The van der Waals surface area contributed by atoms with Crippen molar-refractivity contribution in [2.45, 2.75) is 79.3 Å². The molecular weight excluding hydrogens is 588 g/mol. The van der Waals surface area contributed by atoms with Crippen molar-refractivity contribution < 1.29 is 60.5 Å². The Labute approximate surface area is 259 Å². The number of aliphatic hydroxyl groups is 10. The van der Waals surface area contributed by atoms with Crippen molar-refractivity contribution in [3.05, 3.63) is 58.7 Å². The van der Waals surface area contributed by atoms with Gasteiger partial charge in [-0.1, -0.05) is 35.8 Å². The van der Waals surface area contributed by atoms with E-state index in [1.165, 1.54) is 0 Å². The van der Waals surface area contributed by atoms with E-state index in [0.717, 1.165) is 22.3 Å². The van der Waals surface area contributed by atoms with Crippen LogP contribution in [0.4, 0.5) is 0 Å². The SMILES string of the molecule is OCCC1(CCO)c2cc(C#C[C@H]3O[C@H](CO)[C@@H](O)[C@H](O)[C@@H]3O)ccc2-c2ccc(C#C[C@H]3O[C@H](CO)[C@@H](O)[C@H](O)[C@@H]3O)cc21. The van der Waals surface area contributed by atoms with Gasteiger partial charge >= 0.3 is 0 Å². The van der Waals surface area contributed by atoms with Crippen LogP contribution in [0, 0.1) is 23.7 Å². The molecule has 0 unspecified atom stereocenters. The number of hydrogen-bond acceptors (Lipinski definition) is 12. The monoisotopic (exact) mass is 626 g/mol. The van der Waals surface area contributed by atoms with Crippen molar-refractivity contribution in [3.63, 3.8) is 0 Å². The highest BCUT2D eigenvalue weighted by atomic mass is 16.5. The lowest BCUT2D eigenvalue weighted by atomic mass is 9.72. The minimum absolute atomic E-state index is 0.194. The van der Waals surface area contributed by atoms with Gasteiger partial charge in [-0.25, -0.2) is 0 Å². The summed E-state index contributed by atoms with van der Waals surface area (Å²) >= 11 is 0. The molecule has 2 aliphatic heterocycles. The van der Waals surface area contributed by atoms with Crippen LogP contribution in [0.1, 0.15) is 35.1 Å². The maximum Gasteiger partial charge on any atom is 0.147 e. The highest BCUT2D eigenvalue weighted by Crippen LogP contribution is 2.53. The lowest BCUT2D eigenvalue weighted by Crippen LogP contribution is -2.58. The van der Waals surface area contributed by atoms with E-state index < -0.39 is 79.7 Å². The Morgan fingerprint density at radius 3 is 1.31 bits per heavy atom. The van der Waals surface area contributed by atoms with Gasteiger partial charge in [-0.2, -0.15) is 0 Å². The minimum atomic E-state index is -1.55. The normalized spacial score (nSPS) is 33.3. The lowest BCUT2D eigenvalue weighted by Gasteiger charge is -2.37. The largest absolute Gasteiger partial charge is 0.396 e. The number of aliphatic hydroxyl groups excluding tert-OH is 10. The van der Waals surface area contributed by atoms with Crippen molar-refractivity contribution in [2.24, 2.45) is 0 Å². The zero-order chi connectivity index (χ0) is 32.5. The van der Waals surface area contributed by atoms with Crippen molar-refractivity contribution in [1.29, 1.82) is 0 Å². The van der Waals surface area contributed by atoms with Crippen LogP contribution in [-0.2, 0) is 14.9 Å². The van der Waals surface area contributed by atoms with Crippen molar-refractivity contribution >= 4 is 0 Å². The van der Waals surface area contributed by atoms with Gasteiger partial charge in [0, 0.05) is 29.8 Å². The maximum absolute atomic E-state index is 10.4. The van der Waals surface area contributed by atoms with Crippen molar-refractivity contribution in [2.75, 3.05) is 26.4 Å². The number of hydrogen-bond donors (Lipinski definition) is 10. The Balaban J connectivity index is 1.49. The average Bonchev–Trinajstić information content (AvgIpc) is 3.30. The van der Waals surface area contributed by atoms with Crippen LogP contribution in [0.5, 0.6) is 0 Å². The first-order valence-corrected chi connectivity index (χ1v) is 14.8. The third-order valence-corrected chi connectivity index (χ3v) is 8.94. The summed E-state index contributed by atoms with van der Waals surface area (Å²) in [5.41, 5.74) is 3.57. The third kappa shape index (κ3) is 6.14. The van der Waals surface area contributed by atoms with Gasteiger partial charge < -0.3 is 60.5 Å². The number of benzene rings is 2. The Kier molecular flexibility index (Phi) is 10.3. The Bertz CT molecular complexity index is 1370. The molecule has 0 bridgehead atoms. The van der Waals surface area contributed by atoms with E-state index in [-0.39, 0.29) is 26.1 Å². The summed E-state index contributed by atoms with van der Waals surface area (Å²) in [7, 11) is 0. The first-order valence-electron chi connectivity index (χ1n) is 14.8. The lowest BCUT2D eigenvalue weighted by molar-refractivity contribution is -0.214. The predicted octanol–water partition coefficient (Wildman–Crippen LogP) is -2.89. The first-order chi connectivity index (χ1) is 21.6. The molecule has 0 spiro atoms. The van der Waals surface area contributed by atoms with Gasteiger partial charge in [-0.3, -0.25) is 0 Å². The molecule has 2 aromatic carbocycles. The number of ether oxygens (including phenoxy) is 2. The van der Waals surface area contributed by atoms with E-state index in [9.17, 15) is 51.1 Å². The second kappa shape index (κ2) is 13.8. The molecule has 12 heteroatoms. The van der Waals surface area contributed by atoms with Gasteiger partial charge in [-0.05, 0) is 59.4 Å². The molecule has 10 N–H and O–H groups in total.